The van der Waals surface area contributed by atoms with Crippen LogP contribution in [0.25, 0.3) is 0 Å². The Bertz CT molecular complexity index is 617. The topological polar surface area (TPSA) is 73.9 Å². The lowest BCUT2D eigenvalue weighted by molar-refractivity contribution is 0.102. The second-order valence-electron chi connectivity index (χ2n) is 6.48. The molecule has 0 unspecified atom stereocenters. The Kier molecular flexibility index (Phi) is 6.63. The molecule has 0 aromatic heterocycles. The molecule has 0 atom stereocenters. The van der Waals surface area contributed by atoms with Crippen molar-refractivity contribution in [2.45, 2.75) is 53.9 Å². The van der Waals surface area contributed by atoms with Crippen LogP contribution in [0.3, 0.4) is 0 Å². The molecule has 0 fully saturated rings. The molecule has 1 amide bonds. The van der Waals surface area contributed by atoms with E-state index in [9.17, 15) is 9.59 Å². The van der Waals surface area contributed by atoms with E-state index >= 15 is 0 Å². The minimum absolute atomic E-state index is 0.156. The number of carbonyl (C=O) groups is 2. The monoisotopic (exact) mass is 337 g/mol. The molecule has 6 nitrogen and oxygen atoms in total. The van der Waals surface area contributed by atoms with E-state index in [4.69, 9.17) is 14.2 Å². The molecule has 0 aliphatic rings. The fourth-order valence-corrected chi connectivity index (χ4v) is 2.39. The van der Waals surface area contributed by atoms with Crippen LogP contribution < -0.4 is 14.8 Å². The van der Waals surface area contributed by atoms with Gasteiger partial charge >= 0.3 is 12.2 Å². The van der Waals surface area contributed by atoms with Gasteiger partial charge in [-0.05, 0) is 49.8 Å². The summed E-state index contributed by atoms with van der Waals surface area (Å²) in [7, 11) is 0. The fourth-order valence-electron chi connectivity index (χ4n) is 2.39. The van der Waals surface area contributed by atoms with Crippen molar-refractivity contribution in [3.05, 3.63) is 22.8 Å². The zero-order valence-corrected chi connectivity index (χ0v) is 15.5. The molecule has 0 bridgehead atoms. The standard InChI is InChI=1S/C18H27NO5/c1-8-19-16(20)23-15-12(4)13(18(5,6)7)10-11(3)14(15)24-17(21)22-9-2/h10H,8-9H2,1-7H3,(H,19,20). The minimum atomic E-state index is -0.829. The summed E-state index contributed by atoms with van der Waals surface area (Å²) in [4.78, 5) is 23.6. The number of hydrogen-bond acceptors (Lipinski definition) is 5. The zero-order valence-electron chi connectivity index (χ0n) is 15.5. The number of rotatable bonds is 4. The van der Waals surface area contributed by atoms with Crippen LogP contribution in [0.4, 0.5) is 9.59 Å². The molecule has 0 spiro atoms. The zero-order chi connectivity index (χ0) is 18.5. The molecule has 1 N–H and O–H groups in total. The quantitative estimate of drug-likeness (QED) is 0.657. The van der Waals surface area contributed by atoms with E-state index in [1.807, 2.05) is 13.0 Å². The average molecular weight is 337 g/mol. The van der Waals surface area contributed by atoms with Crippen molar-refractivity contribution >= 4 is 12.2 Å². The van der Waals surface area contributed by atoms with E-state index < -0.39 is 12.2 Å². The van der Waals surface area contributed by atoms with Gasteiger partial charge in [0, 0.05) is 6.54 Å². The van der Waals surface area contributed by atoms with Crippen molar-refractivity contribution in [2.75, 3.05) is 13.2 Å². The maximum atomic E-state index is 11.9. The van der Waals surface area contributed by atoms with E-state index in [0.29, 0.717) is 12.1 Å². The molecule has 134 valence electrons. The molecule has 0 saturated heterocycles. The van der Waals surface area contributed by atoms with E-state index in [1.165, 1.54) is 0 Å². The second kappa shape index (κ2) is 8.04. The van der Waals surface area contributed by atoms with Gasteiger partial charge in [-0.2, -0.15) is 0 Å². The molecule has 0 radical (unpaired) electrons. The van der Waals surface area contributed by atoms with Crippen LogP contribution in [-0.4, -0.2) is 25.4 Å². The Morgan fingerprint density at radius 1 is 1.08 bits per heavy atom. The Morgan fingerprint density at radius 2 is 1.71 bits per heavy atom. The summed E-state index contributed by atoms with van der Waals surface area (Å²) < 4.78 is 15.5. The van der Waals surface area contributed by atoms with Gasteiger partial charge in [0.2, 0.25) is 0 Å². The molecular weight excluding hydrogens is 310 g/mol. The van der Waals surface area contributed by atoms with Gasteiger partial charge in [0.05, 0.1) is 6.61 Å². The lowest BCUT2D eigenvalue weighted by Gasteiger charge is -2.25. The maximum absolute atomic E-state index is 11.9. The van der Waals surface area contributed by atoms with Crippen LogP contribution in [0.15, 0.2) is 6.07 Å². The third-order valence-electron chi connectivity index (χ3n) is 3.44. The molecule has 1 aromatic rings. The largest absolute Gasteiger partial charge is 0.513 e. The van der Waals surface area contributed by atoms with Crippen molar-refractivity contribution in [3.8, 4) is 11.5 Å². The number of carbonyl (C=O) groups excluding carboxylic acids is 2. The molecule has 1 rings (SSSR count). The first-order chi connectivity index (χ1) is 11.1. The first kappa shape index (κ1) is 19.8. The molecule has 0 aliphatic heterocycles. The SMILES string of the molecule is CCNC(=O)Oc1c(C)c(C(C)(C)C)cc(C)c1OC(=O)OCC. The molecule has 0 heterocycles. The molecular formula is C18H27NO5. The molecule has 24 heavy (non-hydrogen) atoms. The Labute approximate surface area is 143 Å². The van der Waals surface area contributed by atoms with Crippen LogP contribution in [0.1, 0.15) is 51.3 Å². The van der Waals surface area contributed by atoms with Gasteiger partial charge in [0.15, 0.2) is 11.5 Å². The van der Waals surface area contributed by atoms with E-state index in [-0.39, 0.29) is 23.5 Å². The van der Waals surface area contributed by atoms with Gasteiger partial charge in [-0.25, -0.2) is 9.59 Å². The number of amides is 1. The van der Waals surface area contributed by atoms with E-state index in [2.05, 4.69) is 26.1 Å². The number of hydrogen-bond donors (Lipinski definition) is 1. The summed E-state index contributed by atoms with van der Waals surface area (Å²) in [6.07, 6.45) is -1.43. The Hall–Kier alpha value is -2.24. The highest BCUT2D eigenvalue weighted by Crippen LogP contribution is 2.41. The van der Waals surface area contributed by atoms with Crippen LogP contribution in [0.2, 0.25) is 0 Å². The number of nitrogens with one attached hydrogen (secondary N) is 1. The lowest BCUT2D eigenvalue weighted by Crippen LogP contribution is -2.27. The average Bonchev–Trinajstić information content (AvgIpc) is 2.45. The summed E-state index contributed by atoms with van der Waals surface area (Å²) in [5, 5.41) is 2.57. The lowest BCUT2D eigenvalue weighted by atomic mass is 9.82. The van der Waals surface area contributed by atoms with E-state index in [0.717, 1.165) is 11.1 Å². The summed E-state index contributed by atoms with van der Waals surface area (Å²) in [5.41, 5.74) is 2.29. The molecule has 0 saturated carbocycles. The minimum Gasteiger partial charge on any atom is -0.434 e. The highest BCUT2D eigenvalue weighted by atomic mass is 16.7. The molecule has 1 aromatic carbocycles. The normalized spacial score (nSPS) is 11.0. The van der Waals surface area contributed by atoms with Gasteiger partial charge in [0.25, 0.3) is 0 Å². The van der Waals surface area contributed by atoms with Crippen molar-refractivity contribution in [3.63, 3.8) is 0 Å². The smallest absolute Gasteiger partial charge is 0.434 e. The molecule has 6 heteroatoms. The van der Waals surface area contributed by atoms with Crippen LogP contribution in [-0.2, 0) is 10.2 Å². The van der Waals surface area contributed by atoms with Gasteiger partial charge in [-0.1, -0.05) is 26.8 Å². The number of benzene rings is 1. The predicted molar refractivity (Wildman–Crippen MR) is 92.0 cm³/mol. The summed E-state index contributed by atoms with van der Waals surface area (Å²) in [6, 6.07) is 1.94. The van der Waals surface area contributed by atoms with Crippen molar-refractivity contribution in [1.82, 2.24) is 5.32 Å². The molecule has 0 aliphatic carbocycles. The third-order valence-corrected chi connectivity index (χ3v) is 3.44. The highest BCUT2D eigenvalue weighted by Gasteiger charge is 2.26. The number of aryl methyl sites for hydroxylation is 1. The first-order valence-electron chi connectivity index (χ1n) is 8.06. The van der Waals surface area contributed by atoms with E-state index in [1.54, 1.807) is 20.8 Å². The Morgan fingerprint density at radius 3 is 2.21 bits per heavy atom. The fraction of sp³-hybridized carbons (Fsp3) is 0.556. The van der Waals surface area contributed by atoms with Crippen molar-refractivity contribution in [1.29, 1.82) is 0 Å². The second-order valence-corrected chi connectivity index (χ2v) is 6.48. The predicted octanol–water partition coefficient (Wildman–Crippen LogP) is 4.24. The summed E-state index contributed by atoms with van der Waals surface area (Å²) in [6.45, 7) is 14.0. The van der Waals surface area contributed by atoms with Gasteiger partial charge in [-0.3, -0.25) is 0 Å². The Balaban J connectivity index is 3.42. The van der Waals surface area contributed by atoms with Crippen LogP contribution in [0, 0.1) is 13.8 Å². The van der Waals surface area contributed by atoms with Gasteiger partial charge in [-0.15, -0.1) is 0 Å². The number of ether oxygens (including phenoxy) is 3. The first-order valence-corrected chi connectivity index (χ1v) is 8.06. The summed E-state index contributed by atoms with van der Waals surface area (Å²) in [5.74, 6) is 0.434. The van der Waals surface area contributed by atoms with Gasteiger partial charge < -0.3 is 19.5 Å². The summed E-state index contributed by atoms with van der Waals surface area (Å²) >= 11 is 0. The van der Waals surface area contributed by atoms with Crippen LogP contribution in [0.5, 0.6) is 11.5 Å². The third kappa shape index (κ3) is 4.88. The van der Waals surface area contributed by atoms with Gasteiger partial charge in [0.1, 0.15) is 0 Å². The van der Waals surface area contributed by atoms with Crippen molar-refractivity contribution in [2.24, 2.45) is 0 Å². The highest BCUT2D eigenvalue weighted by molar-refractivity contribution is 5.75. The van der Waals surface area contributed by atoms with Crippen molar-refractivity contribution < 1.29 is 23.8 Å². The van der Waals surface area contributed by atoms with Crippen LogP contribution >= 0.6 is 0 Å². The maximum Gasteiger partial charge on any atom is 0.513 e.